The van der Waals surface area contributed by atoms with Gasteiger partial charge in [-0.15, -0.1) is 0 Å². The van der Waals surface area contributed by atoms with Crippen LogP contribution in [0.25, 0.3) is 0 Å². The molecular formula is C14H26N4O. The van der Waals surface area contributed by atoms with Crippen LogP contribution in [0.3, 0.4) is 0 Å². The van der Waals surface area contributed by atoms with Crippen LogP contribution in [0.1, 0.15) is 33.6 Å². The molecule has 0 aromatic carbocycles. The highest BCUT2D eigenvalue weighted by molar-refractivity contribution is 5.41. The van der Waals surface area contributed by atoms with Crippen LogP contribution in [0.4, 0.5) is 5.69 Å². The van der Waals surface area contributed by atoms with Crippen LogP contribution in [0.2, 0.25) is 0 Å². The minimum Gasteiger partial charge on any atom is -0.373 e. The highest BCUT2D eigenvalue weighted by Crippen LogP contribution is 2.06. The summed E-state index contributed by atoms with van der Waals surface area (Å²) in [4.78, 5) is 14.0. The molecule has 108 valence electrons. The summed E-state index contributed by atoms with van der Waals surface area (Å²) < 4.78 is 1.55. The maximum Gasteiger partial charge on any atom is 0.268 e. The van der Waals surface area contributed by atoms with E-state index >= 15 is 0 Å². The predicted octanol–water partition coefficient (Wildman–Crippen LogP) is 1.48. The molecule has 1 aromatic heterocycles. The van der Waals surface area contributed by atoms with Gasteiger partial charge in [-0.1, -0.05) is 13.8 Å². The lowest BCUT2D eigenvalue weighted by molar-refractivity contribution is 0.406. The molecule has 5 heteroatoms. The number of anilines is 1. The van der Waals surface area contributed by atoms with Crippen molar-refractivity contribution in [3.8, 4) is 0 Å². The maximum absolute atomic E-state index is 12.0. The van der Waals surface area contributed by atoms with Crippen LogP contribution in [0, 0.1) is 0 Å². The van der Waals surface area contributed by atoms with Crippen molar-refractivity contribution < 1.29 is 0 Å². The van der Waals surface area contributed by atoms with Gasteiger partial charge in [0.25, 0.3) is 5.56 Å². The average Bonchev–Trinajstić information content (AvgIpc) is 2.44. The van der Waals surface area contributed by atoms with Crippen molar-refractivity contribution in [2.24, 2.45) is 0 Å². The van der Waals surface area contributed by atoms with Gasteiger partial charge in [-0.3, -0.25) is 4.79 Å². The zero-order valence-electron chi connectivity index (χ0n) is 12.5. The second-order valence-corrected chi connectivity index (χ2v) is 4.81. The predicted molar refractivity (Wildman–Crippen MR) is 79.8 cm³/mol. The summed E-state index contributed by atoms with van der Waals surface area (Å²) in [6.07, 6.45) is 3.85. The van der Waals surface area contributed by atoms with E-state index in [2.05, 4.69) is 24.3 Å². The Bertz CT molecular complexity index is 430. The molecule has 1 aromatic rings. The Hall–Kier alpha value is -1.36. The first-order chi connectivity index (χ1) is 9.12. The highest BCUT2D eigenvalue weighted by Gasteiger charge is 2.09. The minimum atomic E-state index is -0.0328. The zero-order valence-corrected chi connectivity index (χ0v) is 12.5. The molecule has 5 nitrogen and oxygen atoms in total. The molecule has 1 heterocycles. The van der Waals surface area contributed by atoms with Crippen LogP contribution in [-0.2, 0) is 6.54 Å². The SMILES string of the molecule is CCCNC(CC)Cn1ncc(N(C)CC)cc1=O. The molecule has 0 saturated carbocycles. The third kappa shape index (κ3) is 4.67. The summed E-state index contributed by atoms with van der Waals surface area (Å²) in [5.41, 5.74) is 0.841. The Morgan fingerprint density at radius 3 is 2.68 bits per heavy atom. The van der Waals surface area contributed by atoms with Gasteiger partial charge in [0.1, 0.15) is 0 Å². The van der Waals surface area contributed by atoms with Crippen LogP contribution in [0.5, 0.6) is 0 Å². The number of nitrogens with zero attached hydrogens (tertiary/aromatic N) is 3. The topological polar surface area (TPSA) is 50.2 Å². The van der Waals surface area contributed by atoms with E-state index in [9.17, 15) is 4.79 Å². The first-order valence-electron chi connectivity index (χ1n) is 7.14. The summed E-state index contributed by atoms with van der Waals surface area (Å²) in [5, 5.41) is 7.70. The second kappa shape index (κ2) is 7.94. The molecule has 0 bridgehead atoms. The van der Waals surface area contributed by atoms with E-state index in [4.69, 9.17) is 0 Å². The molecule has 1 unspecified atom stereocenters. The normalized spacial score (nSPS) is 12.4. The number of hydrogen-bond acceptors (Lipinski definition) is 4. The quantitative estimate of drug-likeness (QED) is 0.774. The Balaban J connectivity index is 2.76. The minimum absolute atomic E-state index is 0.0328. The zero-order chi connectivity index (χ0) is 14.3. The fourth-order valence-electron chi connectivity index (χ4n) is 1.85. The molecule has 0 radical (unpaired) electrons. The van der Waals surface area contributed by atoms with Crippen LogP contribution in [0.15, 0.2) is 17.1 Å². The van der Waals surface area contributed by atoms with Crippen LogP contribution >= 0.6 is 0 Å². The molecule has 19 heavy (non-hydrogen) atoms. The van der Waals surface area contributed by atoms with Gasteiger partial charge in [0.05, 0.1) is 18.4 Å². The van der Waals surface area contributed by atoms with Crippen molar-refractivity contribution in [3.05, 3.63) is 22.6 Å². The van der Waals surface area contributed by atoms with Gasteiger partial charge in [0.15, 0.2) is 0 Å². The summed E-state index contributed by atoms with van der Waals surface area (Å²) in [6, 6.07) is 1.96. The largest absolute Gasteiger partial charge is 0.373 e. The monoisotopic (exact) mass is 266 g/mol. The van der Waals surface area contributed by atoms with Crippen molar-refractivity contribution in [2.75, 3.05) is 25.0 Å². The summed E-state index contributed by atoms with van der Waals surface area (Å²) >= 11 is 0. The molecule has 1 N–H and O–H groups in total. The molecule has 0 aliphatic heterocycles. The number of aromatic nitrogens is 2. The van der Waals surface area contributed by atoms with Crippen molar-refractivity contribution >= 4 is 5.69 Å². The fourth-order valence-corrected chi connectivity index (χ4v) is 1.85. The Labute approximate surface area is 115 Å². The van der Waals surface area contributed by atoms with Gasteiger partial charge in [-0.25, -0.2) is 4.68 Å². The first-order valence-corrected chi connectivity index (χ1v) is 7.14. The van der Waals surface area contributed by atoms with Gasteiger partial charge in [-0.05, 0) is 26.3 Å². The number of hydrogen-bond donors (Lipinski definition) is 1. The Morgan fingerprint density at radius 1 is 1.42 bits per heavy atom. The lowest BCUT2D eigenvalue weighted by Gasteiger charge is -2.19. The smallest absolute Gasteiger partial charge is 0.268 e. The molecule has 1 atom stereocenters. The fraction of sp³-hybridized carbons (Fsp3) is 0.714. The summed E-state index contributed by atoms with van der Waals surface area (Å²) in [7, 11) is 1.96. The molecule has 0 fully saturated rings. The van der Waals surface area contributed by atoms with Gasteiger partial charge in [-0.2, -0.15) is 5.10 Å². The van der Waals surface area contributed by atoms with E-state index in [0.717, 1.165) is 31.6 Å². The van der Waals surface area contributed by atoms with Gasteiger partial charge in [0.2, 0.25) is 0 Å². The molecule has 0 saturated heterocycles. The van der Waals surface area contributed by atoms with E-state index in [0.29, 0.717) is 12.6 Å². The van der Waals surface area contributed by atoms with Gasteiger partial charge >= 0.3 is 0 Å². The number of rotatable bonds is 8. The lowest BCUT2D eigenvalue weighted by atomic mass is 10.2. The maximum atomic E-state index is 12.0. The van der Waals surface area contributed by atoms with Crippen molar-refractivity contribution in [2.45, 2.75) is 46.2 Å². The molecular weight excluding hydrogens is 240 g/mol. The van der Waals surface area contributed by atoms with Crippen LogP contribution < -0.4 is 15.8 Å². The van der Waals surface area contributed by atoms with E-state index < -0.39 is 0 Å². The van der Waals surface area contributed by atoms with E-state index in [1.807, 2.05) is 18.9 Å². The molecule has 0 aliphatic carbocycles. The third-order valence-corrected chi connectivity index (χ3v) is 3.34. The van der Waals surface area contributed by atoms with Gasteiger partial charge in [0, 0.05) is 25.7 Å². The average molecular weight is 266 g/mol. The highest BCUT2D eigenvalue weighted by atomic mass is 16.1. The molecule has 0 spiro atoms. The van der Waals surface area contributed by atoms with Crippen LogP contribution in [-0.4, -0.2) is 36.0 Å². The van der Waals surface area contributed by atoms with Gasteiger partial charge < -0.3 is 10.2 Å². The second-order valence-electron chi connectivity index (χ2n) is 4.81. The summed E-state index contributed by atoms with van der Waals surface area (Å²) in [6.45, 7) is 8.78. The van der Waals surface area contributed by atoms with Crippen molar-refractivity contribution in [1.82, 2.24) is 15.1 Å². The van der Waals surface area contributed by atoms with E-state index in [-0.39, 0.29) is 5.56 Å². The van der Waals surface area contributed by atoms with E-state index in [1.165, 1.54) is 0 Å². The van der Waals surface area contributed by atoms with E-state index in [1.54, 1.807) is 16.9 Å². The lowest BCUT2D eigenvalue weighted by Crippen LogP contribution is -2.37. The summed E-state index contributed by atoms with van der Waals surface area (Å²) in [5.74, 6) is 0. The Morgan fingerprint density at radius 2 is 2.16 bits per heavy atom. The van der Waals surface area contributed by atoms with Crippen molar-refractivity contribution in [1.29, 1.82) is 0 Å². The standard InChI is InChI=1S/C14H26N4O/c1-5-8-15-12(6-2)11-18-14(19)9-13(10-16-18)17(4)7-3/h9-10,12,15H,5-8,11H2,1-4H3. The molecule has 0 amide bonds. The number of nitrogens with one attached hydrogen (secondary N) is 1. The molecule has 1 rings (SSSR count). The Kier molecular flexibility index (Phi) is 6.56. The third-order valence-electron chi connectivity index (χ3n) is 3.34. The molecule has 0 aliphatic rings. The first kappa shape index (κ1) is 15.7. The van der Waals surface area contributed by atoms with Crippen molar-refractivity contribution in [3.63, 3.8) is 0 Å².